The normalized spacial score (nSPS) is 38.7. The number of rotatable bonds is 4. The highest BCUT2D eigenvalue weighted by molar-refractivity contribution is 7.80. The molecule has 0 bridgehead atoms. The zero-order valence-corrected chi connectivity index (χ0v) is 15.9. The van der Waals surface area contributed by atoms with E-state index in [0.717, 1.165) is 0 Å². The number of imide groups is 1. The third kappa shape index (κ3) is 3.54. The number of nitrogens with zero attached hydrogens (tertiary/aromatic N) is 2. The SMILES string of the molecule is C[C@H]1[C@@H](OS(=O)(=O)O)C[C@@H]2C[C@H]([C@@H](O)C3CC(=O)NC(=O)N3)NC3=NC[C@H]1N32. The maximum atomic E-state index is 11.6. The summed E-state index contributed by atoms with van der Waals surface area (Å²) < 4.78 is 36.4. The molecule has 4 aliphatic rings. The number of piperidine rings is 1. The van der Waals surface area contributed by atoms with E-state index in [0.29, 0.717) is 25.3 Å². The summed E-state index contributed by atoms with van der Waals surface area (Å²) in [6.45, 7) is 2.29. The third-order valence-electron chi connectivity index (χ3n) is 6.01. The van der Waals surface area contributed by atoms with Crippen molar-refractivity contribution in [1.82, 2.24) is 20.9 Å². The molecule has 13 heteroatoms. The molecule has 28 heavy (non-hydrogen) atoms. The molecule has 0 aliphatic carbocycles. The van der Waals surface area contributed by atoms with Crippen LogP contribution < -0.4 is 16.0 Å². The van der Waals surface area contributed by atoms with Crippen LogP contribution in [0.3, 0.4) is 0 Å². The minimum atomic E-state index is -4.58. The average Bonchev–Trinajstić information content (AvgIpc) is 3.01. The lowest BCUT2D eigenvalue weighted by Crippen LogP contribution is -2.68. The molecule has 0 spiro atoms. The largest absolute Gasteiger partial charge is 0.397 e. The van der Waals surface area contributed by atoms with Crippen LogP contribution in [-0.2, 0) is 19.4 Å². The smallest absolute Gasteiger partial charge is 0.389 e. The van der Waals surface area contributed by atoms with Gasteiger partial charge in [-0.25, -0.2) is 8.98 Å². The van der Waals surface area contributed by atoms with Gasteiger partial charge in [0, 0.05) is 18.4 Å². The van der Waals surface area contributed by atoms with E-state index in [2.05, 4.69) is 25.8 Å². The number of hydrogen-bond acceptors (Lipinski definition) is 9. The number of amides is 3. The van der Waals surface area contributed by atoms with Gasteiger partial charge >= 0.3 is 16.4 Å². The number of carbonyl (C=O) groups excluding carboxylic acids is 2. The average molecular weight is 417 g/mol. The van der Waals surface area contributed by atoms with Crippen molar-refractivity contribution in [2.75, 3.05) is 6.54 Å². The molecule has 0 saturated carbocycles. The van der Waals surface area contributed by atoms with E-state index in [-0.39, 0.29) is 24.4 Å². The topological polar surface area (TPSA) is 170 Å². The van der Waals surface area contributed by atoms with Crippen LogP contribution in [0.1, 0.15) is 26.2 Å². The minimum Gasteiger partial charge on any atom is -0.389 e. The molecule has 7 atom stereocenters. The van der Waals surface area contributed by atoms with Crippen molar-refractivity contribution < 1.29 is 31.8 Å². The summed E-state index contributed by atoms with van der Waals surface area (Å²) in [5, 5.41) is 18.6. The number of carbonyl (C=O) groups is 2. The predicted molar refractivity (Wildman–Crippen MR) is 94.5 cm³/mol. The van der Waals surface area contributed by atoms with Crippen LogP contribution in [0.25, 0.3) is 0 Å². The van der Waals surface area contributed by atoms with Gasteiger partial charge in [0.1, 0.15) is 0 Å². The van der Waals surface area contributed by atoms with Gasteiger partial charge in [0.15, 0.2) is 5.96 Å². The molecule has 12 nitrogen and oxygen atoms in total. The first-order valence-electron chi connectivity index (χ1n) is 9.16. The number of guanidine groups is 1. The van der Waals surface area contributed by atoms with Gasteiger partial charge in [-0.2, -0.15) is 8.42 Å². The molecule has 0 aromatic heterocycles. The molecule has 1 unspecified atom stereocenters. The lowest BCUT2D eigenvalue weighted by atomic mass is 9.80. The second-order valence-electron chi connectivity index (χ2n) is 7.76. The number of aliphatic hydroxyl groups excluding tert-OH is 1. The van der Waals surface area contributed by atoms with Crippen LogP contribution in [-0.4, -0.2) is 83.8 Å². The van der Waals surface area contributed by atoms with Crippen LogP contribution in [0.5, 0.6) is 0 Å². The zero-order chi connectivity index (χ0) is 20.2. The van der Waals surface area contributed by atoms with E-state index in [4.69, 9.17) is 8.74 Å². The molecular formula is C15H23N5O7S. The van der Waals surface area contributed by atoms with Crippen molar-refractivity contribution >= 4 is 28.3 Å². The zero-order valence-electron chi connectivity index (χ0n) is 15.1. The second-order valence-corrected chi connectivity index (χ2v) is 8.81. The molecule has 3 amide bonds. The number of nitrogens with one attached hydrogen (secondary N) is 3. The Balaban J connectivity index is 1.51. The molecule has 0 aromatic carbocycles. The van der Waals surface area contributed by atoms with Gasteiger partial charge in [0.25, 0.3) is 0 Å². The number of hydrogen-bond donors (Lipinski definition) is 5. The molecule has 4 heterocycles. The summed E-state index contributed by atoms with van der Waals surface area (Å²) >= 11 is 0. The lowest BCUT2D eigenvalue weighted by molar-refractivity contribution is -0.122. The fourth-order valence-corrected chi connectivity index (χ4v) is 5.26. The van der Waals surface area contributed by atoms with E-state index >= 15 is 0 Å². The van der Waals surface area contributed by atoms with E-state index in [9.17, 15) is 23.1 Å². The van der Waals surface area contributed by atoms with E-state index in [1.54, 1.807) is 0 Å². The Labute approximate surface area is 161 Å². The maximum Gasteiger partial charge on any atom is 0.397 e. The summed E-state index contributed by atoms with van der Waals surface area (Å²) in [5.74, 6) is -0.0327. The van der Waals surface area contributed by atoms with Crippen molar-refractivity contribution in [3.8, 4) is 0 Å². The van der Waals surface area contributed by atoms with Crippen molar-refractivity contribution in [2.45, 2.75) is 62.6 Å². The first-order valence-corrected chi connectivity index (χ1v) is 10.5. The summed E-state index contributed by atoms with van der Waals surface area (Å²) in [6, 6.07) is -2.12. The number of urea groups is 1. The van der Waals surface area contributed by atoms with E-state index < -0.39 is 46.6 Å². The first kappa shape index (κ1) is 19.4. The highest BCUT2D eigenvalue weighted by atomic mass is 32.3. The maximum absolute atomic E-state index is 11.6. The second kappa shape index (κ2) is 6.83. The molecule has 0 radical (unpaired) electrons. The standard InChI is InChI=1S/C15H23N5O7S/c1-6-10-5-16-14-17-8(13(22)9-4-12(21)19-15(23)18-9)2-7(20(10)14)3-11(6)27-28(24,25)26/h6-11,13,22H,2-5H2,1H3,(H,16,17)(H,24,25,26)(H2,18,19,21,23)/t6-,7+,8-,9?,10-,11+,13-/m1/s1. The Morgan fingerprint density at radius 3 is 2.68 bits per heavy atom. The molecule has 5 N–H and O–H groups in total. The van der Waals surface area contributed by atoms with Gasteiger partial charge in [-0.1, -0.05) is 6.92 Å². The van der Waals surface area contributed by atoms with Gasteiger partial charge in [-0.15, -0.1) is 0 Å². The number of aliphatic hydroxyl groups is 1. The quantitative estimate of drug-likeness (QED) is 0.323. The molecule has 3 fully saturated rings. The summed E-state index contributed by atoms with van der Waals surface area (Å²) in [6.07, 6.45) is -1.02. The summed E-state index contributed by atoms with van der Waals surface area (Å²) in [5.41, 5.74) is 0. The Kier molecular flexibility index (Phi) is 4.72. The van der Waals surface area contributed by atoms with Crippen molar-refractivity contribution in [3.63, 3.8) is 0 Å². The van der Waals surface area contributed by atoms with Gasteiger partial charge in [-0.3, -0.25) is 19.7 Å². The van der Waals surface area contributed by atoms with Crippen LogP contribution >= 0.6 is 0 Å². The Morgan fingerprint density at radius 2 is 2.00 bits per heavy atom. The molecule has 3 saturated heterocycles. The minimum absolute atomic E-state index is 0.0416. The fourth-order valence-electron chi connectivity index (χ4n) is 4.69. The third-order valence-corrected chi connectivity index (χ3v) is 6.50. The van der Waals surface area contributed by atoms with E-state index in [1.807, 2.05) is 6.92 Å². The van der Waals surface area contributed by atoms with Crippen molar-refractivity contribution in [2.24, 2.45) is 10.9 Å². The highest BCUT2D eigenvalue weighted by Gasteiger charge is 2.51. The van der Waals surface area contributed by atoms with Gasteiger partial charge in [0.05, 0.1) is 36.9 Å². The molecule has 4 rings (SSSR count). The van der Waals surface area contributed by atoms with Crippen LogP contribution in [0, 0.1) is 5.92 Å². The van der Waals surface area contributed by atoms with Crippen LogP contribution in [0.15, 0.2) is 4.99 Å². The van der Waals surface area contributed by atoms with Crippen LogP contribution in [0.2, 0.25) is 0 Å². The molecule has 4 aliphatic heterocycles. The Morgan fingerprint density at radius 1 is 1.25 bits per heavy atom. The first-order chi connectivity index (χ1) is 13.1. The van der Waals surface area contributed by atoms with Crippen LogP contribution in [0.4, 0.5) is 4.79 Å². The monoisotopic (exact) mass is 417 g/mol. The summed E-state index contributed by atoms with van der Waals surface area (Å²) in [4.78, 5) is 29.7. The lowest BCUT2D eigenvalue weighted by Gasteiger charge is -2.51. The predicted octanol–water partition coefficient (Wildman–Crippen LogP) is -2.06. The number of aliphatic imine (C=N–C) groups is 1. The van der Waals surface area contributed by atoms with Gasteiger partial charge in [0.2, 0.25) is 5.91 Å². The van der Waals surface area contributed by atoms with Crippen molar-refractivity contribution in [3.05, 3.63) is 0 Å². The van der Waals surface area contributed by atoms with Gasteiger partial charge in [-0.05, 0) is 12.8 Å². The molecule has 0 aromatic rings. The van der Waals surface area contributed by atoms with Crippen molar-refractivity contribution in [1.29, 1.82) is 0 Å². The Hall–Kier alpha value is -1.96. The summed E-state index contributed by atoms with van der Waals surface area (Å²) in [7, 11) is -4.58. The Bertz CT molecular complexity index is 802. The highest BCUT2D eigenvalue weighted by Crippen LogP contribution is 2.38. The molecule has 156 valence electrons. The van der Waals surface area contributed by atoms with Gasteiger partial charge < -0.3 is 20.6 Å². The fraction of sp³-hybridized carbons (Fsp3) is 0.800. The van der Waals surface area contributed by atoms with E-state index in [1.165, 1.54) is 0 Å². The molecular weight excluding hydrogens is 394 g/mol.